The second-order valence-corrected chi connectivity index (χ2v) is 4.90. The van der Waals surface area contributed by atoms with Gasteiger partial charge in [-0.3, -0.25) is 6.08 Å². The van der Waals surface area contributed by atoms with Crippen molar-refractivity contribution in [2.24, 2.45) is 0 Å². The van der Waals surface area contributed by atoms with Crippen molar-refractivity contribution in [3.05, 3.63) is 92.1 Å². The zero-order valence-electron chi connectivity index (χ0n) is 16.3. The zero-order valence-corrected chi connectivity index (χ0v) is 18.7. The van der Waals surface area contributed by atoms with Crippen LogP contribution in [-0.2, 0) is 26.2 Å². The van der Waals surface area contributed by atoms with Gasteiger partial charge in [-0.1, -0.05) is 50.2 Å². The Morgan fingerprint density at radius 1 is 0.889 bits per heavy atom. The van der Waals surface area contributed by atoms with Crippen molar-refractivity contribution in [1.29, 1.82) is 0 Å². The molecule has 0 saturated carbocycles. The van der Waals surface area contributed by atoms with E-state index in [1.54, 1.807) is 13.8 Å². The number of hydrogen-bond acceptors (Lipinski definition) is 2. The van der Waals surface area contributed by atoms with E-state index in [0.717, 1.165) is 6.42 Å². The average molecular weight is 440 g/mol. The fourth-order valence-electron chi connectivity index (χ4n) is 2.24. The molecule has 0 amide bonds. The molecule has 0 radical (unpaired) electrons. The SMILES string of the molecule is C=C.CC[O-].CC[O-].[C-]1=CC=CC1.[Zr+4].c1ccc2c(c1)[cH-]c1ccccc12. The van der Waals surface area contributed by atoms with E-state index >= 15 is 0 Å². The normalized spacial score (nSPS) is 10.1. The van der Waals surface area contributed by atoms with Gasteiger partial charge in [-0.2, -0.15) is 6.08 Å². The van der Waals surface area contributed by atoms with Crippen molar-refractivity contribution in [2.45, 2.75) is 20.3 Å². The number of rotatable bonds is 0. The molecule has 1 aliphatic rings. The van der Waals surface area contributed by atoms with Crippen LogP contribution in [0.25, 0.3) is 21.5 Å². The van der Waals surface area contributed by atoms with Gasteiger partial charge < -0.3 is 10.2 Å². The summed E-state index contributed by atoms with van der Waals surface area (Å²) < 4.78 is 0. The fraction of sp³-hybridized carbons (Fsp3) is 0.208. The fourth-order valence-corrected chi connectivity index (χ4v) is 2.24. The molecule has 3 aromatic rings. The summed E-state index contributed by atoms with van der Waals surface area (Å²) in [4.78, 5) is 0. The molecular weight excluding hydrogens is 411 g/mol. The van der Waals surface area contributed by atoms with Gasteiger partial charge >= 0.3 is 26.2 Å². The van der Waals surface area contributed by atoms with Gasteiger partial charge in [0.2, 0.25) is 0 Å². The van der Waals surface area contributed by atoms with Crippen LogP contribution in [0.4, 0.5) is 0 Å². The van der Waals surface area contributed by atoms with Crippen molar-refractivity contribution < 1.29 is 36.4 Å². The molecule has 0 spiro atoms. The number of fused-ring (bicyclic) bond motifs is 3. The molecule has 0 unspecified atom stereocenters. The van der Waals surface area contributed by atoms with E-state index in [2.05, 4.69) is 79.9 Å². The van der Waals surface area contributed by atoms with E-state index in [1.807, 2.05) is 12.2 Å². The van der Waals surface area contributed by atoms with Crippen LogP contribution in [0.3, 0.4) is 0 Å². The Bertz CT molecular complexity index is 710. The maximum Gasteiger partial charge on any atom is 4.00 e. The third-order valence-corrected chi connectivity index (χ3v) is 3.11. The van der Waals surface area contributed by atoms with Gasteiger partial charge in [-0.25, -0.2) is 12.2 Å². The molecule has 3 aromatic carbocycles. The van der Waals surface area contributed by atoms with Gasteiger partial charge in [0.1, 0.15) is 0 Å². The van der Waals surface area contributed by atoms with E-state index in [-0.39, 0.29) is 39.4 Å². The predicted molar refractivity (Wildman–Crippen MR) is 111 cm³/mol. The molecule has 0 heterocycles. The quantitative estimate of drug-likeness (QED) is 0.381. The molecule has 0 aromatic heterocycles. The third kappa shape index (κ3) is 10.9. The molecule has 140 valence electrons. The molecular formula is C24H28O2Zr. The minimum absolute atomic E-state index is 0. The van der Waals surface area contributed by atoms with Gasteiger partial charge in [0.05, 0.1) is 0 Å². The Kier molecular flexibility index (Phi) is 19.5. The van der Waals surface area contributed by atoms with Gasteiger partial charge in [0.25, 0.3) is 0 Å². The average Bonchev–Trinajstić information content (AvgIpc) is 3.36. The summed E-state index contributed by atoms with van der Waals surface area (Å²) >= 11 is 0. The molecule has 0 N–H and O–H groups in total. The monoisotopic (exact) mass is 438 g/mol. The van der Waals surface area contributed by atoms with E-state index in [1.165, 1.54) is 21.5 Å². The Morgan fingerprint density at radius 2 is 1.30 bits per heavy atom. The van der Waals surface area contributed by atoms with E-state index in [0.29, 0.717) is 0 Å². The first-order valence-electron chi connectivity index (χ1n) is 8.69. The van der Waals surface area contributed by atoms with Crippen LogP contribution in [0.2, 0.25) is 0 Å². The van der Waals surface area contributed by atoms with Crippen molar-refractivity contribution in [3.63, 3.8) is 0 Å². The summed E-state index contributed by atoms with van der Waals surface area (Å²) in [5.74, 6) is 0. The Labute approximate surface area is 183 Å². The summed E-state index contributed by atoms with van der Waals surface area (Å²) in [6.07, 6.45) is 10.0. The topological polar surface area (TPSA) is 46.1 Å². The van der Waals surface area contributed by atoms with E-state index in [9.17, 15) is 0 Å². The number of benzene rings is 2. The predicted octanol–water partition coefficient (Wildman–Crippen LogP) is 4.55. The van der Waals surface area contributed by atoms with Crippen molar-refractivity contribution in [2.75, 3.05) is 13.2 Å². The minimum atomic E-state index is 0. The van der Waals surface area contributed by atoms with Crippen LogP contribution < -0.4 is 10.2 Å². The zero-order chi connectivity index (χ0) is 19.6. The molecule has 4 rings (SSSR count). The number of hydrogen-bond donors (Lipinski definition) is 0. The summed E-state index contributed by atoms with van der Waals surface area (Å²) in [5.41, 5.74) is 0. The van der Waals surface area contributed by atoms with Gasteiger partial charge in [-0.15, -0.1) is 72.5 Å². The molecule has 3 heteroatoms. The first kappa shape index (κ1) is 27.6. The van der Waals surface area contributed by atoms with Gasteiger partial charge in [0.15, 0.2) is 0 Å². The second-order valence-electron chi connectivity index (χ2n) is 4.90. The molecule has 1 aliphatic carbocycles. The smallest absolute Gasteiger partial charge is 0.855 e. The second kappa shape index (κ2) is 19.1. The van der Waals surface area contributed by atoms with Crippen molar-refractivity contribution >= 4 is 21.5 Å². The standard InChI is InChI=1S/C13H9.C5H5.2C2H5O.C2H4.Zr/c1-3-7-12-10(5-1)9-11-6-2-4-8-13(11)12;1-2-4-5-3-1;2*1-2-3;1-2;/h1-9H;1-3H,4H2;2*2H2,1H3;1-2H2;/q4*-1;;+4. The van der Waals surface area contributed by atoms with E-state index < -0.39 is 0 Å². The third-order valence-electron chi connectivity index (χ3n) is 3.11. The first-order valence-corrected chi connectivity index (χ1v) is 8.69. The van der Waals surface area contributed by atoms with Crippen LogP contribution in [0.5, 0.6) is 0 Å². The van der Waals surface area contributed by atoms with E-state index in [4.69, 9.17) is 10.2 Å². The molecule has 0 atom stereocenters. The van der Waals surface area contributed by atoms with Crippen molar-refractivity contribution in [1.82, 2.24) is 0 Å². The molecule has 0 fully saturated rings. The Balaban J connectivity index is 0. The first-order chi connectivity index (χ1) is 12.8. The summed E-state index contributed by atoms with van der Waals surface area (Å²) in [7, 11) is 0. The molecule has 0 aliphatic heterocycles. The molecule has 0 bridgehead atoms. The summed E-state index contributed by atoms with van der Waals surface area (Å²) in [6.45, 7) is 9.14. The maximum atomic E-state index is 8.93. The maximum absolute atomic E-state index is 8.93. The number of allylic oxidation sites excluding steroid dienone is 4. The van der Waals surface area contributed by atoms with Crippen LogP contribution in [-0.4, -0.2) is 13.2 Å². The molecule has 0 saturated heterocycles. The van der Waals surface area contributed by atoms with Crippen LogP contribution in [0, 0.1) is 6.08 Å². The Hall–Kier alpha value is -1.67. The summed E-state index contributed by atoms with van der Waals surface area (Å²) in [6, 6.07) is 19.3. The largest absolute Gasteiger partial charge is 4.00 e. The molecule has 27 heavy (non-hydrogen) atoms. The Morgan fingerprint density at radius 3 is 1.59 bits per heavy atom. The van der Waals surface area contributed by atoms with Crippen LogP contribution >= 0.6 is 0 Å². The van der Waals surface area contributed by atoms with Gasteiger partial charge in [-0.05, 0) is 0 Å². The van der Waals surface area contributed by atoms with Gasteiger partial charge in [0, 0.05) is 0 Å². The minimum Gasteiger partial charge on any atom is -0.855 e. The van der Waals surface area contributed by atoms with Crippen LogP contribution in [0.1, 0.15) is 20.3 Å². The van der Waals surface area contributed by atoms with Crippen LogP contribution in [0.15, 0.2) is 86.0 Å². The summed E-state index contributed by atoms with van der Waals surface area (Å²) in [5, 5.41) is 23.3. The molecule has 2 nitrogen and oxygen atoms in total. The van der Waals surface area contributed by atoms with Crippen molar-refractivity contribution in [3.8, 4) is 0 Å².